The molecular weight excluding hydrogens is 222 g/mol. The molecule has 0 spiro atoms. The number of aliphatic carboxylic acids is 1. The van der Waals surface area contributed by atoms with Crippen molar-refractivity contribution >= 4 is 5.97 Å². The van der Waals surface area contributed by atoms with Gasteiger partial charge in [0.2, 0.25) is 0 Å². The zero-order chi connectivity index (χ0) is 12.3. The SMILES string of the molecule is COCCCc1nc2n(n1)CC(C(=O)O)CC2. The fourth-order valence-corrected chi connectivity index (χ4v) is 2.04. The third kappa shape index (κ3) is 2.82. The topological polar surface area (TPSA) is 77.2 Å². The van der Waals surface area contributed by atoms with E-state index < -0.39 is 5.97 Å². The van der Waals surface area contributed by atoms with E-state index >= 15 is 0 Å². The quantitative estimate of drug-likeness (QED) is 0.757. The Bertz CT molecular complexity index is 403. The van der Waals surface area contributed by atoms with Crippen LogP contribution in [0.4, 0.5) is 0 Å². The van der Waals surface area contributed by atoms with Gasteiger partial charge in [-0.3, -0.25) is 4.79 Å². The molecule has 0 radical (unpaired) electrons. The minimum Gasteiger partial charge on any atom is -0.481 e. The number of hydrogen-bond donors (Lipinski definition) is 1. The van der Waals surface area contributed by atoms with Gasteiger partial charge in [0, 0.05) is 26.6 Å². The van der Waals surface area contributed by atoms with E-state index in [0.717, 1.165) is 24.5 Å². The van der Waals surface area contributed by atoms with Crippen molar-refractivity contribution in [3.63, 3.8) is 0 Å². The smallest absolute Gasteiger partial charge is 0.308 e. The summed E-state index contributed by atoms with van der Waals surface area (Å²) in [4.78, 5) is 15.3. The third-order valence-electron chi connectivity index (χ3n) is 3.00. The van der Waals surface area contributed by atoms with Crippen molar-refractivity contribution in [3.8, 4) is 0 Å². The summed E-state index contributed by atoms with van der Waals surface area (Å²) in [6.07, 6.45) is 3.04. The minimum absolute atomic E-state index is 0.323. The van der Waals surface area contributed by atoms with Crippen molar-refractivity contribution in [1.82, 2.24) is 14.8 Å². The predicted octanol–water partition coefficient (Wildman–Crippen LogP) is 0.504. The largest absolute Gasteiger partial charge is 0.481 e. The van der Waals surface area contributed by atoms with Crippen LogP contribution in [-0.4, -0.2) is 39.6 Å². The van der Waals surface area contributed by atoms with Gasteiger partial charge in [-0.05, 0) is 12.8 Å². The van der Waals surface area contributed by atoms with Crippen molar-refractivity contribution in [2.75, 3.05) is 13.7 Å². The van der Waals surface area contributed by atoms with Crippen molar-refractivity contribution in [3.05, 3.63) is 11.6 Å². The second-order valence-electron chi connectivity index (χ2n) is 4.30. The fourth-order valence-electron chi connectivity index (χ4n) is 2.04. The normalized spacial score (nSPS) is 19.0. The molecule has 1 N–H and O–H groups in total. The first-order valence-corrected chi connectivity index (χ1v) is 5.85. The van der Waals surface area contributed by atoms with Gasteiger partial charge in [0.15, 0.2) is 5.82 Å². The van der Waals surface area contributed by atoms with Crippen LogP contribution in [-0.2, 0) is 28.9 Å². The number of nitrogens with zero attached hydrogens (tertiary/aromatic N) is 3. The molecule has 2 rings (SSSR count). The van der Waals surface area contributed by atoms with Crippen LogP contribution in [0.3, 0.4) is 0 Å². The number of hydrogen-bond acceptors (Lipinski definition) is 4. The third-order valence-corrected chi connectivity index (χ3v) is 3.00. The summed E-state index contributed by atoms with van der Waals surface area (Å²) in [5.74, 6) is 0.640. The highest BCUT2D eigenvalue weighted by Crippen LogP contribution is 2.18. The lowest BCUT2D eigenvalue weighted by molar-refractivity contribution is -0.142. The highest BCUT2D eigenvalue weighted by molar-refractivity contribution is 5.70. The van der Waals surface area contributed by atoms with Crippen LogP contribution in [0, 0.1) is 5.92 Å². The van der Waals surface area contributed by atoms with E-state index in [1.165, 1.54) is 0 Å². The van der Waals surface area contributed by atoms with Gasteiger partial charge in [-0.25, -0.2) is 9.67 Å². The van der Waals surface area contributed by atoms with Gasteiger partial charge in [0.05, 0.1) is 12.5 Å². The van der Waals surface area contributed by atoms with E-state index in [2.05, 4.69) is 10.1 Å². The summed E-state index contributed by atoms with van der Waals surface area (Å²) >= 11 is 0. The van der Waals surface area contributed by atoms with Gasteiger partial charge in [-0.1, -0.05) is 0 Å². The lowest BCUT2D eigenvalue weighted by atomic mass is 10.0. The molecule has 1 aromatic rings. The first-order valence-electron chi connectivity index (χ1n) is 5.85. The molecule has 1 atom stereocenters. The first kappa shape index (κ1) is 12.0. The van der Waals surface area contributed by atoms with Crippen LogP contribution in [0.1, 0.15) is 24.5 Å². The van der Waals surface area contributed by atoms with Crippen LogP contribution in [0.15, 0.2) is 0 Å². The molecule has 1 unspecified atom stereocenters. The molecule has 1 aliphatic heterocycles. The molecule has 6 nitrogen and oxygen atoms in total. The van der Waals surface area contributed by atoms with E-state index in [1.807, 2.05) is 0 Å². The summed E-state index contributed by atoms with van der Waals surface area (Å²) in [6, 6.07) is 0. The minimum atomic E-state index is -0.743. The van der Waals surface area contributed by atoms with E-state index in [9.17, 15) is 4.79 Å². The summed E-state index contributed by atoms with van der Waals surface area (Å²) in [5.41, 5.74) is 0. The second-order valence-corrected chi connectivity index (χ2v) is 4.30. The first-order chi connectivity index (χ1) is 8.20. The molecule has 0 aromatic carbocycles. The molecule has 1 aromatic heterocycles. The summed E-state index contributed by atoms with van der Waals surface area (Å²) < 4.78 is 6.71. The number of ether oxygens (including phenoxy) is 1. The summed E-state index contributed by atoms with van der Waals surface area (Å²) in [6.45, 7) is 1.14. The second kappa shape index (κ2) is 5.27. The van der Waals surface area contributed by atoms with Gasteiger partial charge in [-0.2, -0.15) is 5.10 Å². The van der Waals surface area contributed by atoms with E-state index in [-0.39, 0.29) is 5.92 Å². The summed E-state index contributed by atoms with van der Waals surface area (Å²) in [7, 11) is 1.67. The zero-order valence-electron chi connectivity index (χ0n) is 9.93. The number of methoxy groups -OCH3 is 1. The van der Waals surface area contributed by atoms with Gasteiger partial charge in [0.25, 0.3) is 0 Å². The average molecular weight is 239 g/mol. The molecule has 0 saturated heterocycles. The fraction of sp³-hybridized carbons (Fsp3) is 0.727. The molecule has 1 aliphatic rings. The standard InChI is InChI=1S/C11H17N3O3/c1-17-6-2-3-9-12-10-5-4-8(11(15)16)7-14(10)13-9/h8H,2-7H2,1H3,(H,15,16). The lowest BCUT2D eigenvalue weighted by Gasteiger charge is -2.18. The van der Waals surface area contributed by atoms with E-state index in [1.54, 1.807) is 11.8 Å². The Hall–Kier alpha value is -1.43. The number of carboxylic acid groups (broad SMARTS) is 1. The monoisotopic (exact) mass is 239 g/mol. The molecular formula is C11H17N3O3. The van der Waals surface area contributed by atoms with Crippen LogP contribution >= 0.6 is 0 Å². The molecule has 6 heteroatoms. The van der Waals surface area contributed by atoms with Crippen molar-refractivity contribution < 1.29 is 14.6 Å². The Balaban J connectivity index is 1.99. The maximum Gasteiger partial charge on any atom is 0.308 e. The van der Waals surface area contributed by atoms with E-state index in [4.69, 9.17) is 9.84 Å². The molecule has 94 valence electrons. The molecule has 0 bridgehead atoms. The predicted molar refractivity (Wildman–Crippen MR) is 59.7 cm³/mol. The van der Waals surface area contributed by atoms with Crippen molar-refractivity contribution in [2.24, 2.45) is 5.92 Å². The Labute approximate surface area is 99.6 Å². The van der Waals surface area contributed by atoms with Crippen LogP contribution in [0.25, 0.3) is 0 Å². The number of rotatable bonds is 5. The highest BCUT2D eigenvalue weighted by Gasteiger charge is 2.26. The molecule has 17 heavy (non-hydrogen) atoms. The Kier molecular flexibility index (Phi) is 3.73. The van der Waals surface area contributed by atoms with Crippen molar-refractivity contribution in [1.29, 1.82) is 0 Å². The molecule has 0 saturated carbocycles. The Morgan fingerprint density at radius 1 is 1.65 bits per heavy atom. The van der Waals surface area contributed by atoms with Gasteiger partial charge in [-0.15, -0.1) is 0 Å². The van der Waals surface area contributed by atoms with Gasteiger partial charge < -0.3 is 9.84 Å². The lowest BCUT2D eigenvalue weighted by Crippen LogP contribution is -2.27. The summed E-state index contributed by atoms with van der Waals surface area (Å²) in [5, 5.41) is 13.3. The molecule has 0 fully saturated rings. The number of aromatic nitrogens is 3. The van der Waals surface area contributed by atoms with Crippen LogP contribution in [0.2, 0.25) is 0 Å². The van der Waals surface area contributed by atoms with Crippen LogP contribution in [0.5, 0.6) is 0 Å². The van der Waals surface area contributed by atoms with Crippen LogP contribution < -0.4 is 0 Å². The number of carbonyl (C=O) groups is 1. The number of fused-ring (bicyclic) bond motifs is 1. The maximum atomic E-state index is 10.9. The number of carboxylic acids is 1. The highest BCUT2D eigenvalue weighted by atomic mass is 16.5. The average Bonchev–Trinajstić information content (AvgIpc) is 2.70. The van der Waals surface area contributed by atoms with Crippen molar-refractivity contribution in [2.45, 2.75) is 32.2 Å². The number of aryl methyl sites for hydroxylation is 2. The van der Waals surface area contributed by atoms with Gasteiger partial charge >= 0.3 is 5.97 Å². The van der Waals surface area contributed by atoms with Gasteiger partial charge in [0.1, 0.15) is 5.82 Å². The Morgan fingerprint density at radius 2 is 2.47 bits per heavy atom. The molecule has 0 amide bonds. The zero-order valence-corrected chi connectivity index (χ0v) is 9.93. The molecule has 2 heterocycles. The molecule has 0 aliphatic carbocycles. The maximum absolute atomic E-state index is 10.9. The van der Waals surface area contributed by atoms with E-state index in [0.29, 0.717) is 26.0 Å². The Morgan fingerprint density at radius 3 is 3.18 bits per heavy atom.